The van der Waals surface area contributed by atoms with Gasteiger partial charge in [-0.25, -0.2) is 14.3 Å². The van der Waals surface area contributed by atoms with E-state index in [0.717, 1.165) is 12.1 Å². The zero-order valence-electron chi connectivity index (χ0n) is 16.6. The van der Waals surface area contributed by atoms with Crippen molar-refractivity contribution in [2.75, 3.05) is 13.1 Å². The van der Waals surface area contributed by atoms with Gasteiger partial charge in [0.1, 0.15) is 5.60 Å². The van der Waals surface area contributed by atoms with Crippen LogP contribution in [0.3, 0.4) is 0 Å². The highest BCUT2D eigenvalue weighted by atomic mass is 16.6. The molecule has 0 radical (unpaired) electrons. The number of nitrogens with zero attached hydrogens (tertiary/aromatic N) is 3. The van der Waals surface area contributed by atoms with Crippen molar-refractivity contribution >= 4 is 17.7 Å². The Morgan fingerprint density at radius 3 is 2.75 bits per heavy atom. The maximum atomic E-state index is 12.7. The number of H-pyrrole nitrogens is 1. The van der Waals surface area contributed by atoms with Gasteiger partial charge < -0.3 is 14.7 Å². The highest BCUT2D eigenvalue weighted by Crippen LogP contribution is 2.28. The van der Waals surface area contributed by atoms with Gasteiger partial charge in [0.2, 0.25) is 0 Å². The molecule has 0 saturated carbocycles. The highest BCUT2D eigenvalue weighted by molar-refractivity contribution is 5.68. The van der Waals surface area contributed by atoms with Crippen molar-refractivity contribution in [3.63, 3.8) is 0 Å². The normalized spacial score (nSPS) is 17.3. The van der Waals surface area contributed by atoms with Crippen LogP contribution in [-0.2, 0) is 16.0 Å². The molecule has 152 valence electrons. The number of amides is 1. The summed E-state index contributed by atoms with van der Waals surface area (Å²) >= 11 is 0. The van der Waals surface area contributed by atoms with Crippen molar-refractivity contribution in [1.82, 2.24) is 19.5 Å². The monoisotopic (exact) mass is 390 g/mol. The van der Waals surface area contributed by atoms with Crippen molar-refractivity contribution in [2.24, 2.45) is 0 Å². The molecule has 1 saturated heterocycles. The second-order valence-corrected chi connectivity index (χ2v) is 8.19. The number of aryl methyl sites for hydroxylation is 1. The lowest BCUT2D eigenvalue weighted by molar-refractivity contribution is -0.136. The lowest BCUT2D eigenvalue weighted by atomic mass is 10.1. The van der Waals surface area contributed by atoms with E-state index in [1.165, 1.54) is 4.52 Å². The summed E-state index contributed by atoms with van der Waals surface area (Å²) in [6, 6.07) is 1.82. The molecule has 3 rings (SSSR count). The van der Waals surface area contributed by atoms with Crippen LogP contribution >= 0.6 is 0 Å². The number of carboxylic acid groups (broad SMARTS) is 1. The number of fused-ring (bicyclic) bond motifs is 1. The molecular formula is C19H26N4O5. The predicted octanol–water partition coefficient (Wildman–Crippen LogP) is 2.07. The molecule has 9 heteroatoms. The Bertz CT molecular complexity index is 969. The predicted molar refractivity (Wildman–Crippen MR) is 102 cm³/mol. The van der Waals surface area contributed by atoms with Crippen LogP contribution in [0.4, 0.5) is 4.79 Å². The van der Waals surface area contributed by atoms with Crippen LogP contribution in [0.5, 0.6) is 0 Å². The smallest absolute Gasteiger partial charge is 0.410 e. The molecule has 28 heavy (non-hydrogen) atoms. The summed E-state index contributed by atoms with van der Waals surface area (Å²) < 4.78 is 6.78. The first-order valence-corrected chi connectivity index (χ1v) is 9.36. The summed E-state index contributed by atoms with van der Waals surface area (Å²) in [5, 5.41) is 12.0. The summed E-state index contributed by atoms with van der Waals surface area (Å²) in [5.41, 5.74) is 1.43. The summed E-state index contributed by atoms with van der Waals surface area (Å²) in [6.07, 6.45) is 0.435. The number of hydrogen-bond donors (Lipinski definition) is 2. The summed E-state index contributed by atoms with van der Waals surface area (Å²) in [5.74, 6) is -0.902. The molecule has 1 aliphatic rings. The summed E-state index contributed by atoms with van der Waals surface area (Å²) in [4.78, 5) is 41.9. The maximum Gasteiger partial charge on any atom is 0.410 e. The molecule has 1 amide bonds. The molecule has 3 heterocycles. The molecule has 0 bridgehead atoms. The third-order valence-electron chi connectivity index (χ3n) is 4.80. The lowest BCUT2D eigenvalue weighted by Crippen LogP contribution is -2.35. The van der Waals surface area contributed by atoms with Crippen molar-refractivity contribution in [1.29, 1.82) is 0 Å². The Hall–Kier alpha value is -2.84. The van der Waals surface area contributed by atoms with Gasteiger partial charge in [-0.15, -0.1) is 0 Å². The molecule has 1 aliphatic heterocycles. The van der Waals surface area contributed by atoms with Gasteiger partial charge in [0.15, 0.2) is 5.65 Å². The minimum atomic E-state index is -0.954. The Kier molecular flexibility index (Phi) is 5.18. The van der Waals surface area contributed by atoms with E-state index in [4.69, 9.17) is 9.84 Å². The maximum absolute atomic E-state index is 12.7. The third kappa shape index (κ3) is 4.18. The number of hydrogen-bond acceptors (Lipinski definition) is 5. The van der Waals surface area contributed by atoms with Gasteiger partial charge >= 0.3 is 12.1 Å². The first kappa shape index (κ1) is 19.9. The molecule has 1 unspecified atom stereocenters. The molecule has 9 nitrogen and oxygen atoms in total. The average molecular weight is 390 g/mol. The van der Waals surface area contributed by atoms with Crippen LogP contribution in [0.25, 0.3) is 5.65 Å². The average Bonchev–Trinajstić information content (AvgIpc) is 3.19. The fourth-order valence-electron chi connectivity index (χ4n) is 3.42. The number of carboxylic acids is 1. The number of likely N-dealkylation sites (tertiary alicyclic amines) is 1. The summed E-state index contributed by atoms with van der Waals surface area (Å²) in [6.45, 7) is 8.29. The van der Waals surface area contributed by atoms with Crippen LogP contribution in [0.15, 0.2) is 10.9 Å². The van der Waals surface area contributed by atoms with Crippen LogP contribution in [0.1, 0.15) is 56.5 Å². The molecule has 2 aromatic rings. The zero-order valence-corrected chi connectivity index (χ0v) is 16.6. The topological polar surface area (TPSA) is 117 Å². The number of ether oxygens (including phenoxy) is 1. The second-order valence-electron chi connectivity index (χ2n) is 8.19. The first-order valence-electron chi connectivity index (χ1n) is 9.36. The molecule has 2 aromatic heterocycles. The standard InChI is InChI=1S/C19H26N4O5/c1-11-13(5-6-16(24)25)17(26)23-15(20-11)9-14(21-23)12-7-8-22(10-12)18(27)28-19(2,3)4/h9,12,21H,5-8,10H2,1-4H3,(H,24,25). The van der Waals surface area contributed by atoms with Gasteiger partial charge in [0, 0.05) is 48.4 Å². The highest BCUT2D eigenvalue weighted by Gasteiger charge is 2.31. The number of aromatic amines is 1. The van der Waals surface area contributed by atoms with E-state index in [0.29, 0.717) is 30.0 Å². The molecule has 0 aliphatic carbocycles. The quantitative estimate of drug-likeness (QED) is 0.825. The van der Waals surface area contributed by atoms with Gasteiger partial charge in [-0.05, 0) is 40.5 Å². The van der Waals surface area contributed by atoms with Crippen molar-refractivity contribution < 1.29 is 19.4 Å². The van der Waals surface area contributed by atoms with Gasteiger partial charge in [-0.2, -0.15) is 0 Å². The fourth-order valence-corrected chi connectivity index (χ4v) is 3.42. The SMILES string of the molecule is Cc1nc2cc(C3CCN(C(=O)OC(C)(C)C)C3)[nH]n2c(=O)c1CCC(=O)O. The zero-order chi connectivity index (χ0) is 20.6. The Morgan fingerprint density at radius 1 is 1.39 bits per heavy atom. The molecule has 1 atom stereocenters. The van der Waals surface area contributed by atoms with Gasteiger partial charge in [-0.3, -0.25) is 14.7 Å². The van der Waals surface area contributed by atoms with E-state index in [-0.39, 0.29) is 30.4 Å². The van der Waals surface area contributed by atoms with Crippen molar-refractivity contribution in [3.8, 4) is 0 Å². The van der Waals surface area contributed by atoms with Gasteiger partial charge in [0.05, 0.1) is 0 Å². The minimum Gasteiger partial charge on any atom is -0.481 e. The summed E-state index contributed by atoms with van der Waals surface area (Å²) in [7, 11) is 0. The van der Waals surface area contributed by atoms with E-state index in [1.54, 1.807) is 11.8 Å². The van der Waals surface area contributed by atoms with Crippen molar-refractivity contribution in [3.05, 3.63) is 33.4 Å². The van der Waals surface area contributed by atoms with E-state index < -0.39 is 11.6 Å². The minimum absolute atomic E-state index is 0.0522. The third-order valence-corrected chi connectivity index (χ3v) is 4.80. The largest absolute Gasteiger partial charge is 0.481 e. The van der Waals surface area contributed by atoms with E-state index in [1.807, 2.05) is 26.8 Å². The van der Waals surface area contributed by atoms with E-state index in [2.05, 4.69) is 10.1 Å². The number of rotatable bonds is 4. The number of aromatic nitrogens is 3. The molecular weight excluding hydrogens is 364 g/mol. The van der Waals surface area contributed by atoms with Gasteiger partial charge in [-0.1, -0.05) is 0 Å². The lowest BCUT2D eigenvalue weighted by Gasteiger charge is -2.24. The second kappa shape index (κ2) is 7.29. The first-order chi connectivity index (χ1) is 13.0. The van der Waals surface area contributed by atoms with Crippen LogP contribution in [-0.4, -0.2) is 55.4 Å². The van der Waals surface area contributed by atoms with Crippen LogP contribution in [0.2, 0.25) is 0 Å². The molecule has 2 N–H and O–H groups in total. The Morgan fingerprint density at radius 2 is 2.11 bits per heavy atom. The molecule has 0 spiro atoms. The number of aliphatic carboxylic acids is 1. The number of carbonyl (C=O) groups is 2. The molecule has 1 fully saturated rings. The molecule has 0 aromatic carbocycles. The van der Waals surface area contributed by atoms with Crippen molar-refractivity contribution in [2.45, 2.75) is 58.5 Å². The number of carbonyl (C=O) groups excluding carboxylic acids is 1. The van der Waals surface area contributed by atoms with Crippen LogP contribution in [0, 0.1) is 6.92 Å². The van der Waals surface area contributed by atoms with Gasteiger partial charge in [0.25, 0.3) is 5.56 Å². The Balaban J connectivity index is 1.81. The fraction of sp³-hybridized carbons (Fsp3) is 0.579. The number of nitrogens with one attached hydrogen (secondary N) is 1. The Labute approximate surface area is 162 Å². The van der Waals surface area contributed by atoms with Crippen LogP contribution < -0.4 is 5.56 Å². The van der Waals surface area contributed by atoms with E-state index in [9.17, 15) is 14.4 Å². The van der Waals surface area contributed by atoms with E-state index >= 15 is 0 Å².